The fourth-order valence-corrected chi connectivity index (χ4v) is 3.09. The largest absolute Gasteiger partial charge is 0.508 e. The summed E-state index contributed by atoms with van der Waals surface area (Å²) in [6, 6.07) is 3.21. The van der Waals surface area contributed by atoms with Crippen molar-refractivity contribution in [2.45, 2.75) is 38.8 Å². The van der Waals surface area contributed by atoms with E-state index in [9.17, 15) is 10.2 Å². The molecule has 5 heteroatoms. The van der Waals surface area contributed by atoms with Crippen LogP contribution in [-0.4, -0.2) is 33.8 Å². The van der Waals surface area contributed by atoms with E-state index in [1.54, 1.807) is 6.07 Å². The van der Waals surface area contributed by atoms with Crippen LogP contribution in [0.15, 0.2) is 12.1 Å². The number of rotatable bonds is 3. The number of hydrogen-bond acceptors (Lipinski definition) is 3. The molecule has 1 saturated heterocycles. The summed E-state index contributed by atoms with van der Waals surface area (Å²) in [5.41, 5.74) is 0.179. The molecule has 1 fully saturated rings. The predicted molar refractivity (Wildman–Crippen MR) is 82.4 cm³/mol. The molecule has 20 heavy (non-hydrogen) atoms. The highest BCUT2D eigenvalue weighted by Crippen LogP contribution is 2.32. The Morgan fingerprint density at radius 2 is 1.75 bits per heavy atom. The fourth-order valence-electron chi connectivity index (χ4n) is 2.74. The van der Waals surface area contributed by atoms with E-state index in [2.05, 4.69) is 4.90 Å². The van der Waals surface area contributed by atoms with Gasteiger partial charge in [-0.1, -0.05) is 23.2 Å². The molecular weight excluding hydrogens is 297 g/mol. The van der Waals surface area contributed by atoms with Crippen LogP contribution in [0.2, 0.25) is 10.0 Å². The summed E-state index contributed by atoms with van der Waals surface area (Å²) in [6.45, 7) is 6.22. The highest BCUT2D eigenvalue weighted by atomic mass is 35.5. The zero-order chi connectivity index (χ0) is 14.9. The summed E-state index contributed by atoms with van der Waals surface area (Å²) in [7, 11) is 0. The molecule has 1 aromatic rings. The lowest BCUT2D eigenvalue weighted by Crippen LogP contribution is -2.41. The maximum absolute atomic E-state index is 10.0. The zero-order valence-corrected chi connectivity index (χ0v) is 13.4. The van der Waals surface area contributed by atoms with Gasteiger partial charge in [-0.3, -0.25) is 4.90 Å². The monoisotopic (exact) mass is 317 g/mol. The fraction of sp³-hybridized carbons (Fsp3) is 0.600. The topological polar surface area (TPSA) is 43.7 Å². The molecule has 2 rings (SSSR count). The van der Waals surface area contributed by atoms with Crippen molar-refractivity contribution in [3.8, 4) is 5.75 Å². The molecule has 0 unspecified atom stereocenters. The van der Waals surface area contributed by atoms with Crippen LogP contribution >= 0.6 is 23.2 Å². The van der Waals surface area contributed by atoms with E-state index in [1.165, 1.54) is 6.07 Å². The Morgan fingerprint density at radius 3 is 2.30 bits per heavy atom. The lowest BCUT2D eigenvalue weighted by Gasteiger charge is -2.37. The van der Waals surface area contributed by atoms with Crippen molar-refractivity contribution in [1.29, 1.82) is 0 Å². The number of likely N-dealkylation sites (tertiary alicyclic amines) is 1. The van der Waals surface area contributed by atoms with Crippen LogP contribution in [0, 0.1) is 5.92 Å². The molecule has 0 aliphatic carbocycles. The van der Waals surface area contributed by atoms with E-state index in [-0.39, 0.29) is 5.75 Å². The van der Waals surface area contributed by atoms with Gasteiger partial charge < -0.3 is 10.2 Å². The van der Waals surface area contributed by atoms with E-state index in [0.717, 1.165) is 31.5 Å². The van der Waals surface area contributed by atoms with E-state index in [0.29, 0.717) is 22.5 Å². The molecule has 0 spiro atoms. The molecule has 0 atom stereocenters. The first-order chi connectivity index (χ1) is 9.27. The Morgan fingerprint density at radius 1 is 1.20 bits per heavy atom. The van der Waals surface area contributed by atoms with E-state index in [1.807, 2.05) is 13.8 Å². The van der Waals surface area contributed by atoms with Crippen molar-refractivity contribution in [3.05, 3.63) is 27.7 Å². The second-order valence-corrected chi connectivity index (χ2v) is 6.91. The molecule has 0 saturated carbocycles. The molecule has 112 valence electrons. The maximum Gasteiger partial charge on any atom is 0.121 e. The van der Waals surface area contributed by atoms with Gasteiger partial charge in [0.25, 0.3) is 0 Å². The summed E-state index contributed by atoms with van der Waals surface area (Å²) in [5, 5.41) is 20.8. The molecule has 0 amide bonds. The number of aromatic hydroxyl groups is 1. The first-order valence-corrected chi connectivity index (χ1v) is 7.64. The molecule has 0 aromatic heterocycles. The van der Waals surface area contributed by atoms with Crippen molar-refractivity contribution in [3.63, 3.8) is 0 Å². The van der Waals surface area contributed by atoms with Gasteiger partial charge in [-0.05, 0) is 51.8 Å². The highest BCUT2D eigenvalue weighted by Gasteiger charge is 2.30. The van der Waals surface area contributed by atoms with Gasteiger partial charge in [-0.2, -0.15) is 0 Å². The van der Waals surface area contributed by atoms with Gasteiger partial charge >= 0.3 is 0 Å². The summed E-state index contributed by atoms with van der Waals surface area (Å²) < 4.78 is 0. The van der Waals surface area contributed by atoms with Crippen LogP contribution in [0.3, 0.4) is 0 Å². The summed E-state index contributed by atoms with van der Waals surface area (Å²) in [6.07, 6.45) is 1.93. The van der Waals surface area contributed by atoms with E-state index in [4.69, 9.17) is 23.2 Å². The molecule has 3 nitrogen and oxygen atoms in total. The normalized spacial score (nSPS) is 18.4. The van der Waals surface area contributed by atoms with Crippen LogP contribution in [0.4, 0.5) is 0 Å². The quantitative estimate of drug-likeness (QED) is 0.893. The average molecular weight is 318 g/mol. The van der Waals surface area contributed by atoms with Gasteiger partial charge in [-0.15, -0.1) is 0 Å². The SMILES string of the molecule is CC(C)(O)C1CCN(Cc2cc(Cl)c(Cl)cc2O)CC1. The standard InChI is InChI=1S/C15H21Cl2NO2/c1-15(2,20)11-3-5-18(6-4-11)9-10-7-12(16)13(17)8-14(10)19/h7-8,11,19-20H,3-6,9H2,1-2H3. The Bertz CT molecular complexity index is 477. The second-order valence-electron chi connectivity index (χ2n) is 6.10. The smallest absolute Gasteiger partial charge is 0.121 e. The Hall–Kier alpha value is -0.480. The third-order valence-corrected chi connectivity index (χ3v) is 4.82. The number of phenolic OH excluding ortho intramolecular Hbond substituents is 1. The molecular formula is C15H21Cl2NO2. The van der Waals surface area contributed by atoms with Gasteiger partial charge in [0, 0.05) is 18.2 Å². The number of benzene rings is 1. The molecule has 1 aliphatic rings. The van der Waals surface area contributed by atoms with Crippen LogP contribution in [-0.2, 0) is 6.54 Å². The Labute approximate surface area is 130 Å². The zero-order valence-electron chi connectivity index (χ0n) is 11.9. The molecule has 1 aromatic carbocycles. The number of aliphatic hydroxyl groups is 1. The maximum atomic E-state index is 10.0. The van der Waals surface area contributed by atoms with Crippen molar-refractivity contribution in [2.75, 3.05) is 13.1 Å². The number of piperidine rings is 1. The third-order valence-electron chi connectivity index (χ3n) is 4.10. The first-order valence-electron chi connectivity index (χ1n) is 6.89. The lowest BCUT2D eigenvalue weighted by atomic mass is 9.83. The summed E-state index contributed by atoms with van der Waals surface area (Å²) in [5.74, 6) is 0.519. The average Bonchev–Trinajstić information content (AvgIpc) is 2.35. The minimum absolute atomic E-state index is 0.184. The van der Waals surface area contributed by atoms with Crippen molar-refractivity contribution in [1.82, 2.24) is 4.90 Å². The molecule has 1 aliphatic heterocycles. The molecule has 0 radical (unpaired) electrons. The van der Waals surface area contributed by atoms with E-state index >= 15 is 0 Å². The minimum atomic E-state index is -0.613. The van der Waals surface area contributed by atoms with E-state index < -0.39 is 5.60 Å². The van der Waals surface area contributed by atoms with Crippen molar-refractivity contribution in [2.24, 2.45) is 5.92 Å². The number of nitrogens with zero attached hydrogens (tertiary/aromatic N) is 1. The summed E-state index contributed by atoms with van der Waals surface area (Å²) in [4.78, 5) is 2.27. The number of hydrogen-bond donors (Lipinski definition) is 2. The van der Waals surface area contributed by atoms with Crippen LogP contribution in [0.25, 0.3) is 0 Å². The number of phenols is 1. The van der Waals surface area contributed by atoms with Gasteiger partial charge in [-0.25, -0.2) is 0 Å². The van der Waals surface area contributed by atoms with Crippen molar-refractivity contribution < 1.29 is 10.2 Å². The van der Waals surface area contributed by atoms with Crippen LogP contribution < -0.4 is 0 Å². The minimum Gasteiger partial charge on any atom is -0.508 e. The Kier molecular flexibility index (Phi) is 4.85. The van der Waals surface area contributed by atoms with Gasteiger partial charge in [0.2, 0.25) is 0 Å². The third kappa shape index (κ3) is 3.79. The lowest BCUT2D eigenvalue weighted by molar-refractivity contribution is -0.0137. The highest BCUT2D eigenvalue weighted by molar-refractivity contribution is 6.42. The first kappa shape index (κ1) is 15.9. The molecule has 0 bridgehead atoms. The summed E-state index contributed by atoms with van der Waals surface area (Å²) >= 11 is 11.9. The Balaban J connectivity index is 1.98. The van der Waals surface area contributed by atoms with Gasteiger partial charge in [0.15, 0.2) is 0 Å². The van der Waals surface area contributed by atoms with Gasteiger partial charge in [0.05, 0.1) is 15.6 Å². The molecule has 1 heterocycles. The van der Waals surface area contributed by atoms with Gasteiger partial charge in [0.1, 0.15) is 5.75 Å². The van der Waals surface area contributed by atoms with Crippen LogP contribution in [0.1, 0.15) is 32.3 Å². The van der Waals surface area contributed by atoms with Crippen LogP contribution in [0.5, 0.6) is 5.75 Å². The molecule has 2 N–H and O–H groups in total. The number of halogens is 2. The van der Waals surface area contributed by atoms with Crippen molar-refractivity contribution >= 4 is 23.2 Å². The predicted octanol–water partition coefficient (Wildman–Crippen LogP) is 3.68. The second kappa shape index (κ2) is 6.10.